The summed E-state index contributed by atoms with van der Waals surface area (Å²) in [6, 6.07) is 23.5. The van der Waals surface area contributed by atoms with E-state index in [9.17, 15) is 9.59 Å². The highest BCUT2D eigenvalue weighted by atomic mass is 16.5. The second-order valence-electron chi connectivity index (χ2n) is 13.3. The van der Waals surface area contributed by atoms with Crippen LogP contribution in [0.15, 0.2) is 91.2 Å². The number of benzene rings is 2. The van der Waals surface area contributed by atoms with E-state index in [1.54, 1.807) is 26.4 Å². The van der Waals surface area contributed by atoms with Crippen LogP contribution in [0, 0.1) is 0 Å². The van der Waals surface area contributed by atoms with Crippen molar-refractivity contribution in [1.82, 2.24) is 0 Å². The molecule has 220 valence electrons. The van der Waals surface area contributed by atoms with E-state index in [4.69, 9.17) is 18.3 Å². The topological polar surface area (TPSA) is 78.9 Å². The van der Waals surface area contributed by atoms with Crippen molar-refractivity contribution in [2.24, 2.45) is 0 Å². The highest BCUT2D eigenvalue weighted by Gasteiger charge is 2.55. The standard InChI is InChI=1S/C36H40O6/c1-35(2,3)23-13-9-21(10-14-23)31-33(27-17-25(39-7)19-29(37)41-27)32(22-11-15-24(16-12-22)36(4,5)6)34(31)28-18-26(40-8)20-30(38)42-28/h9-20,31-34H,1-8H3. The normalized spacial score (nSPS) is 20.6. The van der Waals surface area contributed by atoms with Crippen LogP contribution in [0.2, 0.25) is 0 Å². The van der Waals surface area contributed by atoms with Crippen LogP contribution in [-0.2, 0) is 10.8 Å². The maximum Gasteiger partial charge on any atom is 0.339 e. The summed E-state index contributed by atoms with van der Waals surface area (Å²) in [4.78, 5) is 25.3. The van der Waals surface area contributed by atoms with Gasteiger partial charge in [0.2, 0.25) is 0 Å². The summed E-state index contributed by atoms with van der Waals surface area (Å²) < 4.78 is 22.7. The molecule has 0 N–H and O–H groups in total. The molecule has 2 aromatic heterocycles. The Bertz CT molecular complexity index is 1530. The summed E-state index contributed by atoms with van der Waals surface area (Å²) in [6.07, 6.45) is 0. The predicted octanol–water partition coefficient (Wildman–Crippen LogP) is 7.65. The molecule has 1 aliphatic carbocycles. The van der Waals surface area contributed by atoms with Gasteiger partial charge in [-0.25, -0.2) is 9.59 Å². The lowest BCUT2D eigenvalue weighted by Crippen LogP contribution is -2.40. The van der Waals surface area contributed by atoms with Crippen LogP contribution in [0.3, 0.4) is 0 Å². The summed E-state index contributed by atoms with van der Waals surface area (Å²) in [5.41, 5.74) is 3.62. The average Bonchev–Trinajstić information content (AvgIpc) is 2.91. The number of hydrogen-bond acceptors (Lipinski definition) is 6. The molecule has 1 saturated carbocycles. The number of ether oxygens (including phenoxy) is 2. The molecular weight excluding hydrogens is 528 g/mol. The molecule has 0 atom stereocenters. The summed E-state index contributed by atoms with van der Waals surface area (Å²) in [6.45, 7) is 13.1. The summed E-state index contributed by atoms with van der Waals surface area (Å²) >= 11 is 0. The summed E-state index contributed by atoms with van der Waals surface area (Å²) in [5.74, 6) is 1.20. The largest absolute Gasteiger partial charge is 0.496 e. The van der Waals surface area contributed by atoms with Crippen LogP contribution < -0.4 is 20.7 Å². The highest BCUT2D eigenvalue weighted by molar-refractivity contribution is 5.47. The lowest BCUT2D eigenvalue weighted by atomic mass is 9.51. The molecule has 6 nitrogen and oxygen atoms in total. The third kappa shape index (κ3) is 5.67. The molecular formula is C36H40O6. The smallest absolute Gasteiger partial charge is 0.339 e. The summed E-state index contributed by atoms with van der Waals surface area (Å²) in [7, 11) is 3.08. The Kier molecular flexibility index (Phi) is 7.69. The molecule has 0 unspecified atom stereocenters. The van der Waals surface area contributed by atoms with Gasteiger partial charge >= 0.3 is 11.3 Å². The van der Waals surface area contributed by atoms with Gasteiger partial charge in [-0.2, -0.15) is 0 Å². The zero-order valence-corrected chi connectivity index (χ0v) is 25.7. The molecule has 2 heterocycles. The predicted molar refractivity (Wildman–Crippen MR) is 164 cm³/mol. The Morgan fingerprint density at radius 1 is 0.524 bits per heavy atom. The van der Waals surface area contributed by atoms with E-state index in [0.717, 1.165) is 11.1 Å². The van der Waals surface area contributed by atoms with Crippen molar-refractivity contribution in [2.45, 2.75) is 76.0 Å². The van der Waals surface area contributed by atoms with Gasteiger partial charge in [0.1, 0.15) is 23.0 Å². The fourth-order valence-electron chi connectivity index (χ4n) is 6.21. The molecule has 6 heteroatoms. The van der Waals surface area contributed by atoms with Crippen molar-refractivity contribution in [3.8, 4) is 11.5 Å². The van der Waals surface area contributed by atoms with Crippen molar-refractivity contribution in [2.75, 3.05) is 14.2 Å². The molecule has 5 rings (SSSR count). The maximum atomic E-state index is 12.7. The molecule has 0 bridgehead atoms. The van der Waals surface area contributed by atoms with Gasteiger partial charge in [-0.3, -0.25) is 0 Å². The first kappa shape index (κ1) is 29.4. The second-order valence-corrected chi connectivity index (χ2v) is 13.3. The van der Waals surface area contributed by atoms with Crippen molar-refractivity contribution in [3.05, 3.63) is 127 Å². The first-order chi connectivity index (χ1) is 19.8. The first-order valence-corrected chi connectivity index (χ1v) is 14.4. The van der Waals surface area contributed by atoms with Gasteiger partial charge in [0.05, 0.1) is 26.4 Å². The van der Waals surface area contributed by atoms with Crippen molar-refractivity contribution in [3.63, 3.8) is 0 Å². The molecule has 1 fully saturated rings. The van der Waals surface area contributed by atoms with Crippen LogP contribution in [-0.4, -0.2) is 14.2 Å². The highest BCUT2D eigenvalue weighted by Crippen LogP contribution is 2.66. The zero-order chi connectivity index (χ0) is 30.4. The molecule has 0 saturated heterocycles. The van der Waals surface area contributed by atoms with Gasteiger partial charge < -0.3 is 18.3 Å². The Morgan fingerprint density at radius 3 is 1.14 bits per heavy atom. The van der Waals surface area contributed by atoms with E-state index in [-0.39, 0.29) is 34.5 Å². The lowest BCUT2D eigenvalue weighted by Gasteiger charge is -2.51. The molecule has 0 amide bonds. The first-order valence-electron chi connectivity index (χ1n) is 14.4. The van der Waals surface area contributed by atoms with Crippen molar-refractivity contribution >= 4 is 0 Å². The fourth-order valence-corrected chi connectivity index (χ4v) is 6.21. The Hall–Kier alpha value is -4.06. The monoisotopic (exact) mass is 568 g/mol. The van der Waals surface area contributed by atoms with E-state index >= 15 is 0 Å². The van der Waals surface area contributed by atoms with Crippen LogP contribution in [0.5, 0.6) is 11.5 Å². The Balaban J connectivity index is 1.73. The molecule has 42 heavy (non-hydrogen) atoms. The number of rotatable bonds is 6. The minimum atomic E-state index is -0.468. The van der Waals surface area contributed by atoms with Gasteiger partial charge in [0.15, 0.2) is 0 Å². The minimum absolute atomic E-state index is 0.00649. The van der Waals surface area contributed by atoms with E-state index < -0.39 is 11.3 Å². The average molecular weight is 569 g/mol. The third-order valence-electron chi connectivity index (χ3n) is 8.53. The number of hydrogen-bond donors (Lipinski definition) is 0. The van der Waals surface area contributed by atoms with Crippen molar-refractivity contribution in [1.29, 1.82) is 0 Å². The van der Waals surface area contributed by atoms with Gasteiger partial charge in [0, 0.05) is 35.8 Å². The SMILES string of the molecule is COc1cc(C2C(c3ccc(C(C)(C)C)cc3)C(c3cc(OC)cc(=O)o3)C2c2ccc(C(C)(C)C)cc2)oc(=O)c1. The maximum absolute atomic E-state index is 12.7. The van der Waals surface area contributed by atoms with Gasteiger partial charge in [-0.05, 0) is 33.1 Å². The molecule has 0 spiro atoms. The van der Waals surface area contributed by atoms with Crippen LogP contribution in [0.25, 0.3) is 0 Å². The zero-order valence-electron chi connectivity index (χ0n) is 25.7. The van der Waals surface area contributed by atoms with E-state index in [1.165, 1.54) is 23.3 Å². The molecule has 1 aliphatic rings. The van der Waals surface area contributed by atoms with Gasteiger partial charge in [-0.1, -0.05) is 90.1 Å². The van der Waals surface area contributed by atoms with E-state index in [2.05, 4.69) is 90.1 Å². The number of methoxy groups -OCH3 is 2. The molecule has 2 aromatic carbocycles. The lowest BCUT2D eigenvalue weighted by molar-refractivity contribution is 0.167. The fraction of sp³-hybridized carbons (Fsp3) is 0.389. The molecule has 0 radical (unpaired) electrons. The van der Waals surface area contributed by atoms with Gasteiger partial charge in [-0.15, -0.1) is 0 Å². The van der Waals surface area contributed by atoms with Crippen LogP contribution in [0.1, 0.15) is 99.0 Å². The van der Waals surface area contributed by atoms with Crippen LogP contribution >= 0.6 is 0 Å². The third-order valence-corrected chi connectivity index (χ3v) is 8.53. The summed E-state index contributed by atoms with van der Waals surface area (Å²) in [5, 5.41) is 0. The van der Waals surface area contributed by atoms with Crippen molar-refractivity contribution < 1.29 is 18.3 Å². The Labute approximate surface area is 247 Å². The molecule has 4 aromatic rings. The van der Waals surface area contributed by atoms with E-state index in [0.29, 0.717) is 23.0 Å². The van der Waals surface area contributed by atoms with E-state index in [1.807, 2.05) is 0 Å². The quantitative estimate of drug-likeness (QED) is 0.238. The minimum Gasteiger partial charge on any atom is -0.496 e. The molecule has 0 aliphatic heterocycles. The Morgan fingerprint density at radius 2 is 0.857 bits per heavy atom. The van der Waals surface area contributed by atoms with Crippen LogP contribution in [0.4, 0.5) is 0 Å². The second kappa shape index (κ2) is 11.0. The van der Waals surface area contributed by atoms with Gasteiger partial charge in [0.25, 0.3) is 0 Å².